The van der Waals surface area contributed by atoms with E-state index in [1.54, 1.807) is 24.3 Å². The maximum atomic E-state index is 10.9. The molecule has 0 saturated heterocycles. The Kier molecular flexibility index (Phi) is 7.35. The van der Waals surface area contributed by atoms with Crippen LogP contribution in [0.5, 0.6) is 11.5 Å². The second kappa shape index (κ2) is 11.9. The Morgan fingerprint density at radius 2 is 0.978 bits per heavy atom. The van der Waals surface area contributed by atoms with Gasteiger partial charge in [0, 0.05) is 33.2 Å². The largest absolute Gasteiger partial charge is 0.482 e. The fourth-order valence-electron chi connectivity index (χ4n) is 5.41. The number of carbonyl (C=O) groups is 2. The molecule has 2 aliphatic rings. The molecule has 7 rings (SSSR count). The molecule has 5 heterocycles. The number of benzene rings is 2. The van der Waals surface area contributed by atoms with Gasteiger partial charge in [0.2, 0.25) is 0 Å². The van der Waals surface area contributed by atoms with E-state index in [1.165, 1.54) is 0 Å². The summed E-state index contributed by atoms with van der Waals surface area (Å²) in [6.07, 6.45) is 7.86. The quantitative estimate of drug-likeness (QED) is 0.145. The summed E-state index contributed by atoms with van der Waals surface area (Å²) < 4.78 is 10.7. The highest BCUT2D eigenvalue weighted by Gasteiger charge is 2.14. The number of carboxylic acids is 2. The summed E-state index contributed by atoms with van der Waals surface area (Å²) in [4.78, 5) is 38.8. The normalized spacial score (nSPS) is 11.8. The molecule has 10 heteroatoms. The van der Waals surface area contributed by atoms with Gasteiger partial charge in [0.05, 0.1) is 22.8 Å². The van der Waals surface area contributed by atoms with Crippen molar-refractivity contribution < 1.29 is 29.3 Å². The first-order valence-corrected chi connectivity index (χ1v) is 14.4. The molecule has 0 unspecified atom stereocenters. The van der Waals surface area contributed by atoms with Crippen LogP contribution in [0.4, 0.5) is 0 Å². The van der Waals surface area contributed by atoms with Gasteiger partial charge in [-0.2, -0.15) is 0 Å². The van der Waals surface area contributed by atoms with Gasteiger partial charge in [-0.05, 0) is 96.1 Å². The van der Waals surface area contributed by atoms with E-state index >= 15 is 0 Å². The van der Waals surface area contributed by atoms with Crippen molar-refractivity contribution in [2.45, 2.75) is 0 Å². The summed E-state index contributed by atoms with van der Waals surface area (Å²) in [6.45, 7) is -0.829. The standard InChI is InChI=1S/C36H26N4O6/c41-33(42)19-45-27-9-1-21(2-10-27)35-29-13-5-23(37-29)17-25-7-15-31(39-25)36(22-3-11-28(12-4-22)46-20-34(43)44)32-16-8-26(40-32)18-24-6-14-30(35)38-24/h1-18,37,40H,19-20H2,(H,41,42)(H,43,44). The van der Waals surface area contributed by atoms with Crippen LogP contribution in [0.2, 0.25) is 0 Å². The van der Waals surface area contributed by atoms with Crippen molar-refractivity contribution in [3.05, 3.63) is 108 Å². The lowest BCUT2D eigenvalue weighted by atomic mass is 10.0. The molecule has 3 aromatic heterocycles. The SMILES string of the molecule is O=C(O)COc1ccc(-c2c3nc(cc4ccc([nH]4)c(-c4ccc(OCC(=O)O)cc4)c4nc(cc5ccc2[nH]5)C=C4)C=C3)cc1. The molecule has 0 fully saturated rings. The van der Waals surface area contributed by atoms with Crippen molar-refractivity contribution in [1.82, 2.24) is 19.9 Å². The first-order chi connectivity index (χ1) is 22.4. The number of carboxylic acid groups (broad SMARTS) is 2. The monoisotopic (exact) mass is 610 g/mol. The molecule has 5 aromatic rings. The van der Waals surface area contributed by atoms with E-state index in [9.17, 15) is 9.59 Å². The summed E-state index contributed by atoms with van der Waals surface area (Å²) in [5, 5.41) is 17.9. The van der Waals surface area contributed by atoms with Crippen LogP contribution in [-0.4, -0.2) is 55.3 Å². The van der Waals surface area contributed by atoms with Crippen molar-refractivity contribution in [1.29, 1.82) is 0 Å². The lowest BCUT2D eigenvalue weighted by Gasteiger charge is -2.07. The van der Waals surface area contributed by atoms with E-state index in [0.29, 0.717) is 11.5 Å². The maximum absolute atomic E-state index is 10.9. The fraction of sp³-hybridized carbons (Fsp3) is 0.0556. The van der Waals surface area contributed by atoms with Crippen molar-refractivity contribution in [3.63, 3.8) is 0 Å². The van der Waals surface area contributed by atoms with Crippen LogP contribution in [0.1, 0.15) is 22.8 Å². The molecule has 8 bridgehead atoms. The van der Waals surface area contributed by atoms with Gasteiger partial charge in [-0.15, -0.1) is 0 Å². The van der Waals surface area contributed by atoms with Crippen LogP contribution in [0.3, 0.4) is 0 Å². The number of aromatic amines is 2. The number of hydrogen-bond acceptors (Lipinski definition) is 6. The van der Waals surface area contributed by atoms with E-state index in [2.05, 4.69) is 9.97 Å². The van der Waals surface area contributed by atoms with Gasteiger partial charge in [0.15, 0.2) is 13.2 Å². The average Bonchev–Trinajstić information content (AvgIpc) is 3.87. The minimum absolute atomic E-state index is 0.414. The number of nitrogens with one attached hydrogen (secondary N) is 2. The van der Waals surface area contributed by atoms with Crippen LogP contribution < -0.4 is 9.47 Å². The number of aromatic nitrogens is 4. The molecule has 226 valence electrons. The second-order valence-electron chi connectivity index (χ2n) is 10.6. The lowest BCUT2D eigenvalue weighted by Crippen LogP contribution is -2.09. The highest BCUT2D eigenvalue weighted by molar-refractivity contribution is 5.93. The van der Waals surface area contributed by atoms with Crippen LogP contribution >= 0.6 is 0 Å². The van der Waals surface area contributed by atoms with Crippen molar-refractivity contribution in [2.75, 3.05) is 13.2 Å². The average molecular weight is 611 g/mol. The summed E-state index contributed by atoms with van der Waals surface area (Å²) >= 11 is 0. The third kappa shape index (κ3) is 6.00. The van der Waals surface area contributed by atoms with E-state index < -0.39 is 25.2 Å². The molecule has 2 aromatic carbocycles. The predicted octanol–water partition coefficient (Wildman–Crippen LogP) is 6.92. The Morgan fingerprint density at radius 1 is 0.565 bits per heavy atom. The molecule has 0 spiro atoms. The number of hydrogen-bond donors (Lipinski definition) is 4. The zero-order chi connectivity index (χ0) is 31.6. The van der Waals surface area contributed by atoms with Gasteiger partial charge in [-0.3, -0.25) is 0 Å². The molecule has 46 heavy (non-hydrogen) atoms. The Labute approximate surface area is 262 Å². The molecule has 2 aliphatic heterocycles. The van der Waals surface area contributed by atoms with Crippen molar-refractivity contribution in [3.8, 4) is 33.8 Å². The number of nitrogens with zero attached hydrogens (tertiary/aromatic N) is 2. The zero-order valence-corrected chi connectivity index (χ0v) is 24.2. The molecule has 4 N–H and O–H groups in total. The minimum Gasteiger partial charge on any atom is -0.482 e. The van der Waals surface area contributed by atoms with E-state index in [4.69, 9.17) is 29.7 Å². The fourth-order valence-corrected chi connectivity index (χ4v) is 5.41. The summed E-state index contributed by atoms with van der Waals surface area (Å²) in [5.74, 6) is -1.15. The first-order valence-electron chi connectivity index (χ1n) is 14.4. The number of H-pyrrole nitrogens is 2. The summed E-state index contributed by atoms with van der Waals surface area (Å²) in [5.41, 5.74) is 10.0. The molecule has 0 aliphatic carbocycles. The Balaban J connectivity index is 1.39. The van der Waals surface area contributed by atoms with Gasteiger partial charge in [-0.25, -0.2) is 19.6 Å². The van der Waals surface area contributed by atoms with E-state index in [-0.39, 0.29) is 0 Å². The number of ether oxygens (including phenoxy) is 2. The topological polar surface area (TPSA) is 150 Å². The van der Waals surface area contributed by atoms with E-state index in [1.807, 2.05) is 85.0 Å². The van der Waals surface area contributed by atoms with Gasteiger partial charge >= 0.3 is 11.9 Å². The van der Waals surface area contributed by atoms with Crippen LogP contribution in [0.25, 0.3) is 68.6 Å². The van der Waals surface area contributed by atoms with Gasteiger partial charge in [0.25, 0.3) is 0 Å². The first kappa shape index (κ1) is 28.4. The van der Waals surface area contributed by atoms with Crippen LogP contribution in [0.15, 0.2) is 84.9 Å². The molecule has 0 amide bonds. The van der Waals surface area contributed by atoms with Gasteiger partial charge in [0.1, 0.15) is 11.5 Å². The Bertz CT molecular complexity index is 2050. The lowest BCUT2D eigenvalue weighted by molar-refractivity contribution is -0.140. The van der Waals surface area contributed by atoms with Gasteiger partial charge < -0.3 is 29.7 Å². The molecule has 10 nitrogen and oxygen atoms in total. The summed E-state index contributed by atoms with van der Waals surface area (Å²) in [7, 11) is 0. The Morgan fingerprint density at radius 3 is 1.37 bits per heavy atom. The number of rotatable bonds is 8. The zero-order valence-electron chi connectivity index (χ0n) is 24.2. The molecule has 0 saturated carbocycles. The highest BCUT2D eigenvalue weighted by atomic mass is 16.5. The summed E-state index contributed by atoms with van der Waals surface area (Å²) in [6, 6.07) is 26.4. The molecule has 0 radical (unpaired) electrons. The van der Waals surface area contributed by atoms with Crippen LogP contribution in [0, 0.1) is 0 Å². The molecular weight excluding hydrogens is 584 g/mol. The smallest absolute Gasteiger partial charge is 0.341 e. The third-order valence-electron chi connectivity index (χ3n) is 7.41. The van der Waals surface area contributed by atoms with Crippen molar-refractivity contribution in [2.24, 2.45) is 0 Å². The predicted molar refractivity (Wildman–Crippen MR) is 176 cm³/mol. The Hall–Kier alpha value is -6.42. The molecule has 0 atom stereocenters. The van der Waals surface area contributed by atoms with E-state index in [0.717, 1.165) is 67.1 Å². The highest BCUT2D eigenvalue weighted by Crippen LogP contribution is 2.33. The minimum atomic E-state index is -1.04. The maximum Gasteiger partial charge on any atom is 0.341 e. The van der Waals surface area contributed by atoms with Gasteiger partial charge in [-0.1, -0.05) is 24.3 Å². The third-order valence-corrected chi connectivity index (χ3v) is 7.41. The molecular formula is C36H26N4O6. The second-order valence-corrected chi connectivity index (χ2v) is 10.6. The number of aliphatic carboxylic acids is 2. The number of fused-ring (bicyclic) bond motifs is 8. The van der Waals surface area contributed by atoms with Crippen LogP contribution in [-0.2, 0) is 9.59 Å². The van der Waals surface area contributed by atoms with Crippen molar-refractivity contribution >= 4 is 58.3 Å².